The zero-order chi connectivity index (χ0) is 16.4. The Kier molecular flexibility index (Phi) is 3.76. The molecule has 5 heteroatoms. The van der Waals surface area contributed by atoms with Crippen molar-refractivity contribution in [2.24, 2.45) is 0 Å². The monoisotopic (exact) mass is 305 g/mol. The SMILES string of the molecule is CC(=O)c1c(-c2ccccc2)nn(-c2ccccc2)c(=O)c1N. The third kappa shape index (κ3) is 2.64. The number of hydrogen-bond acceptors (Lipinski definition) is 4. The third-order valence-corrected chi connectivity index (χ3v) is 3.53. The minimum absolute atomic E-state index is 0.0878. The molecule has 0 radical (unpaired) electrons. The lowest BCUT2D eigenvalue weighted by Crippen LogP contribution is -2.27. The maximum atomic E-state index is 12.5. The van der Waals surface area contributed by atoms with E-state index in [1.165, 1.54) is 11.6 Å². The van der Waals surface area contributed by atoms with E-state index >= 15 is 0 Å². The molecular weight excluding hydrogens is 290 g/mol. The lowest BCUT2D eigenvalue weighted by atomic mass is 10.0. The van der Waals surface area contributed by atoms with Gasteiger partial charge in [0.15, 0.2) is 5.78 Å². The molecule has 0 amide bonds. The van der Waals surface area contributed by atoms with Crippen LogP contribution in [0.2, 0.25) is 0 Å². The van der Waals surface area contributed by atoms with Crippen LogP contribution in [0.1, 0.15) is 17.3 Å². The van der Waals surface area contributed by atoms with Gasteiger partial charge in [0.1, 0.15) is 11.4 Å². The number of nitrogen functional groups attached to an aromatic ring is 1. The van der Waals surface area contributed by atoms with E-state index in [1.54, 1.807) is 24.3 Å². The first kappa shape index (κ1) is 14.7. The van der Waals surface area contributed by atoms with Crippen LogP contribution in [-0.4, -0.2) is 15.6 Å². The number of benzene rings is 2. The van der Waals surface area contributed by atoms with Crippen molar-refractivity contribution < 1.29 is 4.79 Å². The highest BCUT2D eigenvalue weighted by Crippen LogP contribution is 2.24. The summed E-state index contributed by atoms with van der Waals surface area (Å²) in [5.41, 5.74) is 7.27. The predicted octanol–water partition coefficient (Wildman–Crippen LogP) is 2.68. The Bertz CT molecular complexity index is 916. The molecule has 3 rings (SSSR count). The summed E-state index contributed by atoms with van der Waals surface area (Å²) in [4.78, 5) is 24.5. The number of carbonyl (C=O) groups is 1. The fraction of sp³-hybridized carbons (Fsp3) is 0.0556. The number of ketones is 1. The lowest BCUT2D eigenvalue weighted by Gasteiger charge is -2.13. The third-order valence-electron chi connectivity index (χ3n) is 3.53. The van der Waals surface area contributed by atoms with Crippen molar-refractivity contribution in [2.75, 3.05) is 5.73 Å². The van der Waals surface area contributed by atoms with Gasteiger partial charge in [-0.2, -0.15) is 9.78 Å². The smallest absolute Gasteiger partial charge is 0.295 e. The van der Waals surface area contributed by atoms with E-state index < -0.39 is 5.56 Å². The zero-order valence-electron chi connectivity index (χ0n) is 12.6. The molecule has 0 aliphatic heterocycles. The van der Waals surface area contributed by atoms with Gasteiger partial charge >= 0.3 is 0 Å². The second-order valence-corrected chi connectivity index (χ2v) is 5.11. The molecule has 2 N–H and O–H groups in total. The molecule has 3 aromatic rings. The fourth-order valence-electron chi connectivity index (χ4n) is 2.44. The number of nitrogens with two attached hydrogens (primary N) is 1. The molecule has 0 fully saturated rings. The second-order valence-electron chi connectivity index (χ2n) is 5.11. The molecule has 0 aliphatic rings. The largest absolute Gasteiger partial charge is 0.394 e. The highest BCUT2D eigenvalue weighted by molar-refractivity contribution is 6.04. The summed E-state index contributed by atoms with van der Waals surface area (Å²) in [6.45, 7) is 1.38. The first-order valence-electron chi connectivity index (χ1n) is 7.14. The fourth-order valence-corrected chi connectivity index (χ4v) is 2.44. The van der Waals surface area contributed by atoms with Gasteiger partial charge in [-0.1, -0.05) is 48.5 Å². The number of Topliss-reactive ketones (excluding diaryl/α,β-unsaturated/α-hetero) is 1. The van der Waals surface area contributed by atoms with Gasteiger partial charge in [0, 0.05) is 5.56 Å². The van der Waals surface area contributed by atoms with Crippen LogP contribution in [0.3, 0.4) is 0 Å². The van der Waals surface area contributed by atoms with Crippen molar-refractivity contribution in [3.63, 3.8) is 0 Å². The zero-order valence-corrected chi connectivity index (χ0v) is 12.6. The molecule has 114 valence electrons. The minimum atomic E-state index is -0.499. The summed E-state index contributed by atoms with van der Waals surface area (Å²) in [5.74, 6) is -0.286. The van der Waals surface area contributed by atoms with E-state index in [0.717, 1.165) is 5.56 Å². The average molecular weight is 305 g/mol. The number of rotatable bonds is 3. The summed E-state index contributed by atoms with van der Waals surface area (Å²) in [7, 11) is 0. The molecular formula is C18H15N3O2. The number of aromatic nitrogens is 2. The van der Waals surface area contributed by atoms with Gasteiger partial charge < -0.3 is 5.73 Å². The summed E-state index contributed by atoms with van der Waals surface area (Å²) >= 11 is 0. The Hall–Kier alpha value is -3.21. The van der Waals surface area contributed by atoms with Crippen LogP contribution in [-0.2, 0) is 0 Å². The van der Waals surface area contributed by atoms with Crippen LogP contribution < -0.4 is 11.3 Å². The van der Waals surface area contributed by atoms with E-state index in [9.17, 15) is 9.59 Å². The van der Waals surface area contributed by atoms with Crippen LogP contribution >= 0.6 is 0 Å². The van der Waals surface area contributed by atoms with Crippen LogP contribution in [0.4, 0.5) is 5.69 Å². The lowest BCUT2D eigenvalue weighted by molar-refractivity contribution is 0.101. The Morgan fingerprint density at radius 3 is 2.13 bits per heavy atom. The number of para-hydroxylation sites is 1. The normalized spacial score (nSPS) is 10.5. The molecule has 23 heavy (non-hydrogen) atoms. The number of nitrogens with zero attached hydrogens (tertiary/aromatic N) is 2. The van der Waals surface area contributed by atoms with Crippen molar-refractivity contribution in [3.05, 3.63) is 76.6 Å². The maximum absolute atomic E-state index is 12.5. The highest BCUT2D eigenvalue weighted by Gasteiger charge is 2.20. The molecule has 0 spiro atoms. The molecule has 0 unspecified atom stereocenters. The Morgan fingerprint density at radius 1 is 1.00 bits per heavy atom. The summed E-state index contributed by atoms with van der Waals surface area (Å²) in [5, 5.41) is 4.40. The minimum Gasteiger partial charge on any atom is -0.394 e. The second kappa shape index (κ2) is 5.88. The topological polar surface area (TPSA) is 78.0 Å². The van der Waals surface area contributed by atoms with Gasteiger partial charge in [0.05, 0.1) is 11.3 Å². The van der Waals surface area contributed by atoms with Crippen molar-refractivity contribution >= 4 is 11.5 Å². The van der Waals surface area contributed by atoms with E-state index in [4.69, 9.17) is 5.73 Å². The Morgan fingerprint density at radius 2 is 1.57 bits per heavy atom. The molecule has 0 aliphatic carbocycles. The summed E-state index contributed by atoms with van der Waals surface area (Å²) < 4.78 is 1.23. The number of hydrogen-bond donors (Lipinski definition) is 1. The van der Waals surface area contributed by atoms with Crippen LogP contribution in [0.5, 0.6) is 0 Å². The predicted molar refractivity (Wildman–Crippen MR) is 89.7 cm³/mol. The molecule has 0 saturated heterocycles. The molecule has 0 atom stereocenters. The van der Waals surface area contributed by atoms with Crippen molar-refractivity contribution in [1.82, 2.24) is 9.78 Å². The molecule has 0 bridgehead atoms. The van der Waals surface area contributed by atoms with Gasteiger partial charge in [-0.05, 0) is 19.1 Å². The van der Waals surface area contributed by atoms with Gasteiger partial charge in [-0.25, -0.2) is 0 Å². The summed E-state index contributed by atoms with van der Waals surface area (Å²) in [6.07, 6.45) is 0. The first-order chi connectivity index (χ1) is 11.1. The van der Waals surface area contributed by atoms with E-state index in [0.29, 0.717) is 11.4 Å². The molecule has 1 aromatic heterocycles. The van der Waals surface area contributed by atoms with Crippen molar-refractivity contribution in [3.8, 4) is 16.9 Å². The first-order valence-corrected chi connectivity index (χ1v) is 7.14. The van der Waals surface area contributed by atoms with Crippen LogP contribution in [0.15, 0.2) is 65.5 Å². The number of anilines is 1. The van der Waals surface area contributed by atoms with Gasteiger partial charge in [0.25, 0.3) is 5.56 Å². The van der Waals surface area contributed by atoms with Gasteiger partial charge in [-0.3, -0.25) is 9.59 Å². The van der Waals surface area contributed by atoms with Crippen LogP contribution in [0.25, 0.3) is 16.9 Å². The van der Waals surface area contributed by atoms with Crippen molar-refractivity contribution in [2.45, 2.75) is 6.92 Å². The molecule has 1 heterocycles. The average Bonchev–Trinajstić information content (AvgIpc) is 2.58. The van der Waals surface area contributed by atoms with Gasteiger partial charge in [-0.15, -0.1) is 0 Å². The van der Waals surface area contributed by atoms with Crippen LogP contribution in [0, 0.1) is 0 Å². The van der Waals surface area contributed by atoms with E-state index in [-0.39, 0.29) is 17.0 Å². The molecule has 0 saturated carbocycles. The quantitative estimate of drug-likeness (QED) is 0.755. The highest BCUT2D eigenvalue weighted by atomic mass is 16.1. The molecule has 2 aromatic carbocycles. The molecule has 5 nitrogen and oxygen atoms in total. The van der Waals surface area contributed by atoms with Crippen molar-refractivity contribution in [1.29, 1.82) is 0 Å². The van der Waals surface area contributed by atoms with E-state index in [2.05, 4.69) is 5.10 Å². The number of carbonyl (C=O) groups excluding carboxylic acids is 1. The standard InChI is InChI=1S/C18H15N3O2/c1-12(22)15-16(19)18(23)21(14-10-6-3-7-11-14)20-17(15)13-8-4-2-5-9-13/h2-11H,19H2,1H3. The maximum Gasteiger partial charge on any atom is 0.295 e. The summed E-state index contributed by atoms with van der Waals surface area (Å²) in [6, 6.07) is 18.2. The Balaban J connectivity index is 2.36. The van der Waals surface area contributed by atoms with E-state index in [1.807, 2.05) is 36.4 Å². The van der Waals surface area contributed by atoms with Gasteiger partial charge in [0.2, 0.25) is 0 Å². The Labute approximate surface area is 133 Å².